The molecule has 34 heavy (non-hydrogen) atoms. The highest BCUT2D eigenvalue weighted by atomic mass is 16.6. The molecular formula is C25H25N5O4. The number of anilines is 2. The lowest BCUT2D eigenvalue weighted by Crippen LogP contribution is -2.32. The molecule has 1 fully saturated rings. The van der Waals surface area contributed by atoms with E-state index < -0.39 is 4.92 Å². The van der Waals surface area contributed by atoms with Crippen molar-refractivity contribution in [1.29, 1.82) is 0 Å². The highest BCUT2D eigenvalue weighted by molar-refractivity contribution is 6.04. The van der Waals surface area contributed by atoms with Gasteiger partial charge in [0.05, 0.1) is 16.2 Å². The van der Waals surface area contributed by atoms with Crippen LogP contribution in [0.25, 0.3) is 0 Å². The molecular weight excluding hydrogens is 434 g/mol. The lowest BCUT2D eigenvalue weighted by Gasteiger charge is -2.30. The van der Waals surface area contributed by atoms with Crippen molar-refractivity contribution in [2.75, 3.05) is 23.3 Å². The molecule has 4 rings (SSSR count). The number of amides is 2. The van der Waals surface area contributed by atoms with Gasteiger partial charge in [-0.3, -0.25) is 24.7 Å². The van der Waals surface area contributed by atoms with Crippen molar-refractivity contribution >= 4 is 28.9 Å². The van der Waals surface area contributed by atoms with E-state index in [1.807, 2.05) is 6.07 Å². The van der Waals surface area contributed by atoms with Crippen molar-refractivity contribution in [1.82, 2.24) is 10.3 Å². The number of piperidine rings is 1. The van der Waals surface area contributed by atoms with Gasteiger partial charge in [0.1, 0.15) is 0 Å². The Balaban J connectivity index is 1.47. The minimum Gasteiger partial charge on any atom is -0.371 e. The standard InChI is InChI=1S/C25H25N5O4/c31-24(19-9-11-26-12-10-19)28-20-6-4-5-18(15-20)17-27-25(32)22-16-21(30(33)34)7-8-23(22)29-13-2-1-3-14-29/h4-12,15-16H,1-3,13-14,17H2,(H,27,32)(H,28,31). The zero-order valence-corrected chi connectivity index (χ0v) is 18.6. The van der Waals surface area contributed by atoms with Gasteiger partial charge in [-0.2, -0.15) is 0 Å². The molecule has 2 heterocycles. The molecule has 1 aliphatic heterocycles. The first-order chi connectivity index (χ1) is 16.5. The van der Waals surface area contributed by atoms with Crippen molar-refractivity contribution < 1.29 is 14.5 Å². The molecule has 0 atom stereocenters. The lowest BCUT2D eigenvalue weighted by atomic mass is 10.1. The largest absolute Gasteiger partial charge is 0.371 e. The van der Waals surface area contributed by atoms with Gasteiger partial charge in [-0.05, 0) is 55.2 Å². The van der Waals surface area contributed by atoms with E-state index in [0.717, 1.165) is 37.9 Å². The molecule has 0 saturated carbocycles. The fourth-order valence-corrected chi connectivity index (χ4v) is 3.97. The Labute approximate surface area is 197 Å². The average molecular weight is 460 g/mol. The van der Waals surface area contributed by atoms with Gasteiger partial charge in [-0.1, -0.05) is 12.1 Å². The lowest BCUT2D eigenvalue weighted by molar-refractivity contribution is -0.384. The van der Waals surface area contributed by atoms with Gasteiger partial charge < -0.3 is 15.5 Å². The Bertz CT molecular complexity index is 1190. The van der Waals surface area contributed by atoms with Crippen LogP contribution in [0.4, 0.5) is 17.1 Å². The summed E-state index contributed by atoms with van der Waals surface area (Å²) in [5.41, 5.74) is 2.75. The van der Waals surface area contributed by atoms with E-state index in [1.165, 1.54) is 12.1 Å². The molecule has 2 N–H and O–H groups in total. The smallest absolute Gasteiger partial charge is 0.270 e. The van der Waals surface area contributed by atoms with Gasteiger partial charge >= 0.3 is 0 Å². The molecule has 1 aliphatic rings. The normalized spacial score (nSPS) is 13.2. The number of nitro groups is 1. The van der Waals surface area contributed by atoms with E-state index in [9.17, 15) is 19.7 Å². The minimum absolute atomic E-state index is 0.119. The highest BCUT2D eigenvalue weighted by Gasteiger charge is 2.21. The third kappa shape index (κ3) is 5.55. The molecule has 9 nitrogen and oxygen atoms in total. The summed E-state index contributed by atoms with van der Waals surface area (Å²) in [5, 5.41) is 17.0. The number of rotatable bonds is 7. The molecule has 3 aromatic rings. The second-order valence-electron chi connectivity index (χ2n) is 8.08. The van der Waals surface area contributed by atoms with E-state index in [2.05, 4.69) is 20.5 Å². The SMILES string of the molecule is O=C(Nc1cccc(CNC(=O)c2cc([N+](=O)[O-])ccc2N2CCCCC2)c1)c1ccncc1. The maximum atomic E-state index is 13.1. The van der Waals surface area contributed by atoms with Gasteiger partial charge in [0.25, 0.3) is 17.5 Å². The highest BCUT2D eigenvalue weighted by Crippen LogP contribution is 2.28. The summed E-state index contributed by atoms with van der Waals surface area (Å²) < 4.78 is 0. The van der Waals surface area contributed by atoms with E-state index in [1.54, 1.807) is 48.8 Å². The zero-order chi connectivity index (χ0) is 23.9. The number of hydrogen-bond acceptors (Lipinski definition) is 6. The van der Waals surface area contributed by atoms with Crippen molar-refractivity contribution in [2.45, 2.75) is 25.8 Å². The van der Waals surface area contributed by atoms with E-state index in [0.29, 0.717) is 22.5 Å². The molecule has 2 amide bonds. The van der Waals surface area contributed by atoms with Gasteiger partial charge in [0.2, 0.25) is 0 Å². The number of pyridine rings is 1. The molecule has 9 heteroatoms. The Morgan fingerprint density at radius 3 is 2.47 bits per heavy atom. The maximum Gasteiger partial charge on any atom is 0.270 e. The number of aromatic nitrogens is 1. The molecule has 0 spiro atoms. The summed E-state index contributed by atoms with van der Waals surface area (Å²) >= 11 is 0. The van der Waals surface area contributed by atoms with E-state index in [4.69, 9.17) is 0 Å². The van der Waals surface area contributed by atoms with Crippen LogP contribution in [0.5, 0.6) is 0 Å². The van der Waals surface area contributed by atoms with Crippen LogP contribution in [-0.4, -0.2) is 34.8 Å². The van der Waals surface area contributed by atoms with Gasteiger partial charge in [0, 0.05) is 55.4 Å². The number of carbonyl (C=O) groups excluding carboxylic acids is 2. The third-order valence-corrected chi connectivity index (χ3v) is 5.71. The monoisotopic (exact) mass is 459 g/mol. The zero-order valence-electron chi connectivity index (χ0n) is 18.6. The van der Waals surface area contributed by atoms with Crippen LogP contribution in [-0.2, 0) is 6.54 Å². The molecule has 1 saturated heterocycles. The number of hydrogen-bond donors (Lipinski definition) is 2. The number of benzene rings is 2. The molecule has 2 aromatic carbocycles. The van der Waals surface area contributed by atoms with Crippen LogP contribution in [0.15, 0.2) is 67.0 Å². The van der Waals surface area contributed by atoms with Crippen LogP contribution in [0.1, 0.15) is 45.5 Å². The predicted octanol–water partition coefficient (Wildman–Crippen LogP) is 4.16. The van der Waals surface area contributed by atoms with Crippen molar-refractivity contribution in [3.05, 3.63) is 93.8 Å². The van der Waals surface area contributed by atoms with E-state index >= 15 is 0 Å². The third-order valence-electron chi connectivity index (χ3n) is 5.71. The molecule has 174 valence electrons. The second kappa shape index (κ2) is 10.6. The summed E-state index contributed by atoms with van der Waals surface area (Å²) in [6.45, 7) is 1.84. The first kappa shape index (κ1) is 22.9. The summed E-state index contributed by atoms with van der Waals surface area (Å²) in [6.07, 6.45) is 6.28. The Kier molecular flexibility index (Phi) is 7.12. The van der Waals surface area contributed by atoms with E-state index in [-0.39, 0.29) is 24.0 Å². The van der Waals surface area contributed by atoms with Crippen LogP contribution >= 0.6 is 0 Å². The van der Waals surface area contributed by atoms with Crippen LogP contribution in [0, 0.1) is 10.1 Å². The molecule has 0 unspecified atom stereocenters. The Morgan fingerprint density at radius 2 is 1.74 bits per heavy atom. The van der Waals surface area contributed by atoms with Crippen molar-refractivity contribution in [3.8, 4) is 0 Å². The molecule has 0 aliphatic carbocycles. The van der Waals surface area contributed by atoms with Crippen molar-refractivity contribution in [2.24, 2.45) is 0 Å². The van der Waals surface area contributed by atoms with Crippen molar-refractivity contribution in [3.63, 3.8) is 0 Å². The summed E-state index contributed by atoms with van der Waals surface area (Å²) in [4.78, 5) is 42.3. The quantitative estimate of drug-likeness (QED) is 0.405. The molecule has 0 bridgehead atoms. The van der Waals surface area contributed by atoms with Gasteiger partial charge in [-0.25, -0.2) is 0 Å². The number of nitrogens with zero attached hydrogens (tertiary/aromatic N) is 3. The molecule has 1 aromatic heterocycles. The Morgan fingerprint density at radius 1 is 0.971 bits per heavy atom. The number of nitrogens with one attached hydrogen (secondary N) is 2. The summed E-state index contributed by atoms with van der Waals surface area (Å²) in [7, 11) is 0. The predicted molar refractivity (Wildman–Crippen MR) is 129 cm³/mol. The number of nitro benzene ring substituents is 1. The first-order valence-corrected chi connectivity index (χ1v) is 11.1. The number of carbonyl (C=O) groups is 2. The fourth-order valence-electron chi connectivity index (χ4n) is 3.97. The van der Waals surface area contributed by atoms with Crippen LogP contribution < -0.4 is 15.5 Å². The van der Waals surface area contributed by atoms with Crippen LogP contribution in [0.2, 0.25) is 0 Å². The fraction of sp³-hybridized carbons (Fsp3) is 0.240. The van der Waals surface area contributed by atoms with Crippen LogP contribution in [0.3, 0.4) is 0 Å². The summed E-state index contributed by atoms with van der Waals surface area (Å²) in [6, 6.07) is 14.8. The Hall–Kier alpha value is -4.27. The maximum absolute atomic E-state index is 13.1. The first-order valence-electron chi connectivity index (χ1n) is 11.1. The summed E-state index contributed by atoms with van der Waals surface area (Å²) in [5.74, 6) is -0.637. The topological polar surface area (TPSA) is 117 Å². The molecule has 0 radical (unpaired) electrons. The second-order valence-corrected chi connectivity index (χ2v) is 8.08. The van der Waals surface area contributed by atoms with Gasteiger partial charge in [0.15, 0.2) is 0 Å². The van der Waals surface area contributed by atoms with Gasteiger partial charge in [-0.15, -0.1) is 0 Å². The number of non-ortho nitro benzene ring substituents is 1. The average Bonchev–Trinajstić information content (AvgIpc) is 2.88. The minimum atomic E-state index is -0.494.